The summed E-state index contributed by atoms with van der Waals surface area (Å²) in [7, 11) is 0. The Bertz CT molecular complexity index is 516. The first-order valence-corrected chi connectivity index (χ1v) is 8.48. The predicted octanol–water partition coefficient (Wildman–Crippen LogP) is 4.57. The van der Waals surface area contributed by atoms with Gasteiger partial charge in [-0.05, 0) is 64.7 Å². The van der Waals surface area contributed by atoms with Crippen molar-refractivity contribution < 1.29 is 4.74 Å². The number of nitrogen functional groups attached to an aromatic ring is 1. The molecule has 1 aliphatic carbocycles. The van der Waals surface area contributed by atoms with E-state index in [0.717, 1.165) is 22.6 Å². The number of hydrogen-bond donors (Lipinski definition) is 2. The van der Waals surface area contributed by atoms with Gasteiger partial charge in [0.1, 0.15) is 17.7 Å². The third kappa shape index (κ3) is 4.00. The molecule has 4 heteroatoms. The fourth-order valence-corrected chi connectivity index (χ4v) is 3.65. The molecule has 0 bridgehead atoms. The summed E-state index contributed by atoms with van der Waals surface area (Å²) >= 11 is 3.54. The zero-order valence-electron chi connectivity index (χ0n) is 13.0. The molecule has 0 aromatic heterocycles. The van der Waals surface area contributed by atoms with E-state index in [4.69, 9.17) is 15.9 Å². The van der Waals surface area contributed by atoms with Gasteiger partial charge in [0.25, 0.3) is 0 Å². The van der Waals surface area contributed by atoms with E-state index in [9.17, 15) is 0 Å². The molecule has 3 nitrogen and oxygen atoms in total. The second-order valence-corrected chi connectivity index (χ2v) is 7.40. The number of rotatable bonds is 4. The van der Waals surface area contributed by atoms with Crippen LogP contribution in [0.2, 0.25) is 0 Å². The summed E-state index contributed by atoms with van der Waals surface area (Å²) in [6, 6.07) is 5.62. The van der Waals surface area contributed by atoms with Gasteiger partial charge in [-0.1, -0.05) is 27.2 Å². The first-order chi connectivity index (χ1) is 9.88. The molecule has 3 N–H and O–H groups in total. The van der Waals surface area contributed by atoms with Crippen LogP contribution in [-0.2, 0) is 0 Å². The van der Waals surface area contributed by atoms with Crippen molar-refractivity contribution in [2.75, 3.05) is 0 Å². The van der Waals surface area contributed by atoms with E-state index in [1.165, 1.54) is 12.8 Å². The van der Waals surface area contributed by atoms with Crippen LogP contribution in [0.15, 0.2) is 22.7 Å². The number of nitrogens with two attached hydrogens (primary N) is 1. The monoisotopic (exact) mass is 352 g/mol. The second-order valence-electron chi connectivity index (χ2n) is 6.54. The lowest BCUT2D eigenvalue weighted by Crippen LogP contribution is -2.36. The van der Waals surface area contributed by atoms with Gasteiger partial charge in [-0.3, -0.25) is 5.41 Å². The largest absolute Gasteiger partial charge is 0.489 e. The smallest absolute Gasteiger partial charge is 0.133 e. The van der Waals surface area contributed by atoms with Crippen LogP contribution in [0.1, 0.15) is 45.6 Å². The lowest BCUT2D eigenvalue weighted by atomic mass is 9.75. The van der Waals surface area contributed by atoms with Gasteiger partial charge in [0, 0.05) is 5.56 Å². The Labute approximate surface area is 135 Å². The summed E-state index contributed by atoms with van der Waals surface area (Å²) in [5, 5.41) is 7.49. The van der Waals surface area contributed by atoms with E-state index < -0.39 is 0 Å². The molecule has 0 spiro atoms. The van der Waals surface area contributed by atoms with Crippen molar-refractivity contribution in [2.45, 2.75) is 46.1 Å². The molecule has 1 aromatic rings. The van der Waals surface area contributed by atoms with Crippen LogP contribution in [-0.4, -0.2) is 11.9 Å². The van der Waals surface area contributed by atoms with Crippen molar-refractivity contribution >= 4 is 21.8 Å². The molecule has 1 aliphatic rings. The predicted molar refractivity (Wildman–Crippen MR) is 90.9 cm³/mol. The molecule has 0 radical (unpaired) electrons. The van der Waals surface area contributed by atoms with Gasteiger partial charge in [0.05, 0.1) is 4.47 Å². The number of amidine groups is 1. The Balaban J connectivity index is 2.16. The van der Waals surface area contributed by atoms with E-state index in [2.05, 4.69) is 36.7 Å². The Kier molecular flexibility index (Phi) is 5.31. The Morgan fingerprint density at radius 1 is 1.38 bits per heavy atom. The summed E-state index contributed by atoms with van der Waals surface area (Å²) in [5.74, 6) is 2.90. The standard InChI is InChI=1S/C17H25BrN2O/c1-10(2)13-6-4-11(3)8-16(13)21-15-7-5-12(17(19)20)9-14(15)18/h5,7,9-11,13,16H,4,6,8H2,1-3H3,(H3,19,20). The third-order valence-corrected chi connectivity index (χ3v) is 5.10. The molecule has 1 fully saturated rings. The van der Waals surface area contributed by atoms with Gasteiger partial charge >= 0.3 is 0 Å². The summed E-state index contributed by atoms with van der Waals surface area (Å²) in [6.45, 7) is 6.87. The zero-order valence-corrected chi connectivity index (χ0v) is 14.6. The highest BCUT2D eigenvalue weighted by Gasteiger charge is 2.32. The highest BCUT2D eigenvalue weighted by molar-refractivity contribution is 9.10. The van der Waals surface area contributed by atoms with Crippen LogP contribution in [0.25, 0.3) is 0 Å². The van der Waals surface area contributed by atoms with Gasteiger partial charge < -0.3 is 10.5 Å². The number of benzene rings is 1. The highest BCUT2D eigenvalue weighted by atomic mass is 79.9. The van der Waals surface area contributed by atoms with Crippen LogP contribution in [0.3, 0.4) is 0 Å². The van der Waals surface area contributed by atoms with Crippen LogP contribution in [0.4, 0.5) is 0 Å². The maximum absolute atomic E-state index is 7.49. The normalized spacial score (nSPS) is 25.9. The fraction of sp³-hybridized carbons (Fsp3) is 0.588. The van der Waals surface area contributed by atoms with Gasteiger partial charge in [-0.15, -0.1) is 0 Å². The Morgan fingerprint density at radius 3 is 2.67 bits per heavy atom. The quantitative estimate of drug-likeness (QED) is 0.615. The summed E-state index contributed by atoms with van der Waals surface area (Å²) in [6.07, 6.45) is 3.93. The molecule has 3 atom stereocenters. The van der Waals surface area contributed by atoms with Gasteiger partial charge in [-0.25, -0.2) is 0 Å². The van der Waals surface area contributed by atoms with Crippen molar-refractivity contribution in [1.82, 2.24) is 0 Å². The van der Waals surface area contributed by atoms with Crippen LogP contribution < -0.4 is 10.5 Å². The Morgan fingerprint density at radius 2 is 2.10 bits per heavy atom. The molecule has 21 heavy (non-hydrogen) atoms. The average Bonchev–Trinajstić information content (AvgIpc) is 2.40. The second kappa shape index (κ2) is 6.82. The topological polar surface area (TPSA) is 59.1 Å². The summed E-state index contributed by atoms with van der Waals surface area (Å²) < 4.78 is 7.18. The molecule has 116 valence electrons. The minimum absolute atomic E-state index is 0.0774. The van der Waals surface area contributed by atoms with Gasteiger partial charge in [0.15, 0.2) is 0 Å². The molecule has 1 saturated carbocycles. The lowest BCUT2D eigenvalue weighted by molar-refractivity contribution is 0.0454. The van der Waals surface area contributed by atoms with Crippen molar-refractivity contribution in [1.29, 1.82) is 5.41 Å². The Hall–Kier alpha value is -1.03. The molecule has 1 aromatic carbocycles. The van der Waals surface area contributed by atoms with Gasteiger partial charge in [-0.2, -0.15) is 0 Å². The number of ether oxygens (including phenoxy) is 1. The van der Waals surface area contributed by atoms with Crippen LogP contribution >= 0.6 is 15.9 Å². The first-order valence-electron chi connectivity index (χ1n) is 7.69. The maximum Gasteiger partial charge on any atom is 0.133 e. The van der Waals surface area contributed by atoms with Gasteiger partial charge in [0.2, 0.25) is 0 Å². The number of nitrogens with one attached hydrogen (secondary N) is 1. The van der Waals surface area contributed by atoms with E-state index in [-0.39, 0.29) is 11.9 Å². The first kappa shape index (κ1) is 16.3. The van der Waals surface area contributed by atoms with Crippen molar-refractivity contribution in [3.63, 3.8) is 0 Å². The SMILES string of the molecule is CC1CCC(C(C)C)C(Oc2ccc(C(=N)N)cc2Br)C1. The zero-order chi connectivity index (χ0) is 15.6. The van der Waals surface area contributed by atoms with E-state index in [1.807, 2.05) is 18.2 Å². The minimum atomic E-state index is 0.0774. The van der Waals surface area contributed by atoms with Crippen molar-refractivity contribution in [3.8, 4) is 5.75 Å². The van der Waals surface area contributed by atoms with Crippen molar-refractivity contribution in [2.24, 2.45) is 23.5 Å². The van der Waals surface area contributed by atoms with Crippen LogP contribution in [0, 0.1) is 23.2 Å². The maximum atomic E-state index is 7.49. The molecular formula is C17H25BrN2O. The minimum Gasteiger partial charge on any atom is -0.489 e. The van der Waals surface area contributed by atoms with E-state index in [0.29, 0.717) is 17.4 Å². The lowest BCUT2D eigenvalue weighted by Gasteiger charge is -2.37. The molecule has 0 aliphatic heterocycles. The molecular weight excluding hydrogens is 328 g/mol. The molecule has 2 rings (SSSR count). The summed E-state index contributed by atoms with van der Waals surface area (Å²) in [4.78, 5) is 0. The van der Waals surface area contributed by atoms with Crippen LogP contribution in [0.5, 0.6) is 5.75 Å². The van der Waals surface area contributed by atoms with E-state index >= 15 is 0 Å². The highest BCUT2D eigenvalue weighted by Crippen LogP contribution is 2.37. The number of hydrogen-bond acceptors (Lipinski definition) is 2. The molecule has 0 heterocycles. The molecule has 0 amide bonds. The fourth-order valence-electron chi connectivity index (χ4n) is 3.18. The molecule has 0 saturated heterocycles. The average molecular weight is 353 g/mol. The molecule has 3 unspecified atom stereocenters. The van der Waals surface area contributed by atoms with Crippen molar-refractivity contribution in [3.05, 3.63) is 28.2 Å². The number of halogens is 1. The summed E-state index contributed by atoms with van der Waals surface area (Å²) in [5.41, 5.74) is 6.23. The third-order valence-electron chi connectivity index (χ3n) is 4.48. The van der Waals surface area contributed by atoms with E-state index in [1.54, 1.807) is 0 Å².